The highest BCUT2D eigenvalue weighted by Gasteiger charge is 2.35. The molecule has 3 N–H and O–H groups in total. The SMILES string of the molecule is Cc1nc(C2C[C@H](CNCc3ccc(Cl)cc3C)[C@H](O)C2)n[nH]1. The van der Waals surface area contributed by atoms with Gasteiger partial charge in [0.15, 0.2) is 5.82 Å². The third-order valence-electron chi connectivity index (χ3n) is 4.66. The minimum Gasteiger partial charge on any atom is -0.393 e. The summed E-state index contributed by atoms with van der Waals surface area (Å²) in [5, 5.41) is 21.6. The van der Waals surface area contributed by atoms with E-state index in [4.69, 9.17) is 11.6 Å². The number of aromatic nitrogens is 3. The van der Waals surface area contributed by atoms with Crippen LogP contribution in [-0.4, -0.2) is 32.9 Å². The first-order valence-corrected chi connectivity index (χ1v) is 8.43. The van der Waals surface area contributed by atoms with Crippen molar-refractivity contribution >= 4 is 11.6 Å². The lowest BCUT2D eigenvalue weighted by Crippen LogP contribution is -2.27. The molecule has 2 aromatic rings. The van der Waals surface area contributed by atoms with Gasteiger partial charge in [-0.1, -0.05) is 17.7 Å². The highest BCUT2D eigenvalue weighted by molar-refractivity contribution is 6.30. The maximum Gasteiger partial charge on any atom is 0.153 e. The van der Waals surface area contributed by atoms with Crippen molar-refractivity contribution in [2.24, 2.45) is 5.92 Å². The summed E-state index contributed by atoms with van der Waals surface area (Å²) in [5.41, 5.74) is 2.43. The fourth-order valence-corrected chi connectivity index (χ4v) is 3.55. The Labute approximate surface area is 141 Å². The summed E-state index contributed by atoms with van der Waals surface area (Å²) in [5.74, 6) is 2.15. The van der Waals surface area contributed by atoms with Gasteiger partial charge in [-0.3, -0.25) is 5.10 Å². The average Bonchev–Trinajstić information content (AvgIpc) is 3.08. The number of aromatic amines is 1. The molecule has 5 nitrogen and oxygen atoms in total. The molecule has 1 fully saturated rings. The van der Waals surface area contributed by atoms with E-state index in [1.807, 2.05) is 19.1 Å². The topological polar surface area (TPSA) is 73.8 Å². The quantitative estimate of drug-likeness (QED) is 0.786. The lowest BCUT2D eigenvalue weighted by molar-refractivity contribution is 0.131. The second-order valence-corrected chi connectivity index (χ2v) is 6.91. The summed E-state index contributed by atoms with van der Waals surface area (Å²) in [7, 11) is 0. The van der Waals surface area contributed by atoms with Crippen molar-refractivity contribution in [1.29, 1.82) is 0 Å². The number of H-pyrrole nitrogens is 1. The van der Waals surface area contributed by atoms with E-state index in [-0.39, 0.29) is 17.9 Å². The predicted octanol–water partition coefficient (Wildman–Crippen LogP) is 2.72. The molecule has 1 unspecified atom stereocenters. The van der Waals surface area contributed by atoms with Crippen molar-refractivity contribution in [2.75, 3.05) is 6.54 Å². The molecule has 0 spiro atoms. The van der Waals surface area contributed by atoms with E-state index >= 15 is 0 Å². The Hall–Kier alpha value is -1.43. The zero-order chi connectivity index (χ0) is 16.4. The Morgan fingerprint density at radius 1 is 1.35 bits per heavy atom. The van der Waals surface area contributed by atoms with Crippen LogP contribution in [0.15, 0.2) is 18.2 Å². The summed E-state index contributed by atoms with van der Waals surface area (Å²) >= 11 is 5.98. The summed E-state index contributed by atoms with van der Waals surface area (Å²) in [6.45, 7) is 5.55. The van der Waals surface area contributed by atoms with Crippen LogP contribution in [0.5, 0.6) is 0 Å². The molecular formula is C17H23ClN4O. The van der Waals surface area contributed by atoms with Crippen molar-refractivity contribution in [1.82, 2.24) is 20.5 Å². The lowest BCUT2D eigenvalue weighted by Gasteiger charge is -2.15. The zero-order valence-electron chi connectivity index (χ0n) is 13.5. The van der Waals surface area contributed by atoms with Gasteiger partial charge in [-0.2, -0.15) is 5.10 Å². The summed E-state index contributed by atoms with van der Waals surface area (Å²) in [4.78, 5) is 4.40. The largest absolute Gasteiger partial charge is 0.393 e. The molecular weight excluding hydrogens is 312 g/mol. The van der Waals surface area contributed by atoms with Crippen LogP contribution in [0.2, 0.25) is 5.02 Å². The van der Waals surface area contributed by atoms with E-state index < -0.39 is 0 Å². The highest BCUT2D eigenvalue weighted by atomic mass is 35.5. The Kier molecular flexibility index (Phi) is 4.99. The fraction of sp³-hybridized carbons (Fsp3) is 0.529. The number of aryl methyl sites for hydroxylation is 2. The Balaban J connectivity index is 1.52. The van der Waals surface area contributed by atoms with Crippen LogP contribution in [0.1, 0.15) is 41.5 Å². The van der Waals surface area contributed by atoms with E-state index in [1.54, 1.807) is 0 Å². The van der Waals surface area contributed by atoms with Crippen LogP contribution in [-0.2, 0) is 6.54 Å². The van der Waals surface area contributed by atoms with Crippen LogP contribution < -0.4 is 5.32 Å². The Morgan fingerprint density at radius 3 is 2.87 bits per heavy atom. The van der Waals surface area contributed by atoms with Crippen molar-refractivity contribution in [3.63, 3.8) is 0 Å². The van der Waals surface area contributed by atoms with E-state index in [9.17, 15) is 5.11 Å². The molecule has 124 valence electrons. The molecule has 1 aliphatic rings. The van der Waals surface area contributed by atoms with Crippen LogP contribution in [0.25, 0.3) is 0 Å². The van der Waals surface area contributed by atoms with Gasteiger partial charge in [0, 0.05) is 24.0 Å². The third-order valence-corrected chi connectivity index (χ3v) is 4.90. The average molecular weight is 335 g/mol. The predicted molar refractivity (Wildman–Crippen MR) is 90.5 cm³/mol. The van der Waals surface area contributed by atoms with Crippen LogP contribution in [0.3, 0.4) is 0 Å². The summed E-state index contributed by atoms with van der Waals surface area (Å²) < 4.78 is 0. The van der Waals surface area contributed by atoms with Gasteiger partial charge in [-0.15, -0.1) is 0 Å². The first-order chi connectivity index (χ1) is 11.0. The second-order valence-electron chi connectivity index (χ2n) is 6.48. The van der Waals surface area contributed by atoms with Crippen LogP contribution in [0.4, 0.5) is 0 Å². The monoisotopic (exact) mass is 334 g/mol. The molecule has 1 aromatic heterocycles. The molecule has 0 bridgehead atoms. The number of hydrogen-bond donors (Lipinski definition) is 3. The normalized spacial score (nSPS) is 24.3. The van der Waals surface area contributed by atoms with E-state index in [0.717, 1.165) is 42.6 Å². The van der Waals surface area contributed by atoms with E-state index in [0.29, 0.717) is 0 Å². The molecule has 0 amide bonds. The lowest BCUT2D eigenvalue weighted by atomic mass is 10.0. The zero-order valence-corrected chi connectivity index (χ0v) is 14.3. The molecule has 3 atom stereocenters. The molecule has 3 rings (SSSR count). The Bertz CT molecular complexity index is 672. The molecule has 1 heterocycles. The molecule has 23 heavy (non-hydrogen) atoms. The third kappa shape index (κ3) is 3.91. The van der Waals surface area contributed by atoms with E-state index in [2.05, 4.69) is 33.5 Å². The number of aliphatic hydroxyl groups excluding tert-OH is 1. The number of aliphatic hydroxyl groups is 1. The van der Waals surface area contributed by atoms with E-state index in [1.165, 1.54) is 11.1 Å². The number of nitrogens with zero attached hydrogens (tertiary/aromatic N) is 2. The van der Waals surface area contributed by atoms with Gasteiger partial charge < -0.3 is 10.4 Å². The molecule has 1 saturated carbocycles. The van der Waals surface area contributed by atoms with Crippen molar-refractivity contribution in [3.8, 4) is 0 Å². The number of benzene rings is 1. The second kappa shape index (κ2) is 6.99. The van der Waals surface area contributed by atoms with Gasteiger partial charge >= 0.3 is 0 Å². The molecule has 6 heteroatoms. The number of hydrogen-bond acceptors (Lipinski definition) is 4. The highest BCUT2D eigenvalue weighted by Crippen LogP contribution is 2.36. The fourth-order valence-electron chi connectivity index (χ4n) is 3.33. The minimum atomic E-state index is -0.294. The van der Waals surface area contributed by atoms with Gasteiger partial charge in [0.25, 0.3) is 0 Å². The van der Waals surface area contributed by atoms with Gasteiger partial charge in [-0.05, 0) is 55.9 Å². The van der Waals surface area contributed by atoms with Crippen molar-refractivity contribution in [2.45, 2.75) is 45.3 Å². The number of nitrogens with one attached hydrogen (secondary N) is 2. The summed E-state index contributed by atoms with van der Waals surface area (Å²) in [6.07, 6.45) is 1.37. The molecule has 1 aliphatic carbocycles. The molecule has 0 radical (unpaired) electrons. The standard InChI is InChI=1S/C17H23ClN4O/c1-10-5-15(18)4-3-12(10)8-19-9-14-6-13(7-16(14)23)17-20-11(2)21-22-17/h3-5,13-14,16,19,23H,6-9H2,1-2H3,(H,20,21,22)/t13?,14-,16-/m1/s1. The first-order valence-electron chi connectivity index (χ1n) is 8.05. The van der Waals surface area contributed by atoms with Crippen molar-refractivity contribution in [3.05, 3.63) is 46.0 Å². The van der Waals surface area contributed by atoms with Gasteiger partial charge in [0.05, 0.1) is 6.10 Å². The van der Waals surface area contributed by atoms with Crippen molar-refractivity contribution < 1.29 is 5.11 Å². The maximum absolute atomic E-state index is 10.3. The van der Waals surface area contributed by atoms with Crippen LogP contribution in [0, 0.1) is 19.8 Å². The Morgan fingerprint density at radius 2 is 2.17 bits per heavy atom. The van der Waals surface area contributed by atoms with Gasteiger partial charge in [0.1, 0.15) is 5.82 Å². The van der Waals surface area contributed by atoms with Gasteiger partial charge in [-0.25, -0.2) is 4.98 Å². The first kappa shape index (κ1) is 16.4. The molecule has 1 aromatic carbocycles. The van der Waals surface area contributed by atoms with Crippen LogP contribution >= 0.6 is 11.6 Å². The smallest absolute Gasteiger partial charge is 0.153 e. The number of halogens is 1. The number of rotatable bonds is 5. The maximum atomic E-state index is 10.3. The minimum absolute atomic E-state index is 0.242. The molecule has 0 saturated heterocycles. The molecule has 0 aliphatic heterocycles. The van der Waals surface area contributed by atoms with Gasteiger partial charge in [0.2, 0.25) is 0 Å². The summed E-state index contributed by atoms with van der Waals surface area (Å²) in [6, 6.07) is 5.94.